The molecule has 0 atom stereocenters. The van der Waals surface area contributed by atoms with Crippen molar-refractivity contribution in [2.45, 2.75) is 19.9 Å². The summed E-state index contributed by atoms with van der Waals surface area (Å²) in [6, 6.07) is 15.8. The molecule has 5 heteroatoms. The van der Waals surface area contributed by atoms with Crippen LogP contribution >= 0.6 is 0 Å². The number of hydrogen-bond donors (Lipinski definition) is 1. The maximum atomic E-state index is 12.2. The van der Waals surface area contributed by atoms with Gasteiger partial charge in [-0.05, 0) is 30.2 Å². The Morgan fingerprint density at radius 3 is 2.68 bits per heavy atom. The molecule has 1 heterocycles. The zero-order valence-electron chi connectivity index (χ0n) is 14.4. The summed E-state index contributed by atoms with van der Waals surface area (Å²) in [7, 11) is 1.62. The van der Waals surface area contributed by atoms with Gasteiger partial charge >= 0.3 is 0 Å². The van der Waals surface area contributed by atoms with Gasteiger partial charge in [0.1, 0.15) is 5.75 Å². The Balaban J connectivity index is 1.57. The SMILES string of the molecule is COc1ccc(CC(=O)Nc2cnn(Cc3cccc(C)c3)c2)cc1. The van der Waals surface area contributed by atoms with E-state index < -0.39 is 0 Å². The number of carbonyl (C=O) groups excluding carboxylic acids is 1. The van der Waals surface area contributed by atoms with Crippen LogP contribution in [0.25, 0.3) is 0 Å². The Kier molecular flexibility index (Phi) is 5.14. The average Bonchev–Trinajstić information content (AvgIpc) is 3.02. The number of rotatable bonds is 6. The van der Waals surface area contributed by atoms with Gasteiger partial charge in [-0.2, -0.15) is 5.10 Å². The molecule has 25 heavy (non-hydrogen) atoms. The number of aromatic nitrogens is 2. The summed E-state index contributed by atoms with van der Waals surface area (Å²) in [6.07, 6.45) is 3.82. The molecule has 0 fully saturated rings. The van der Waals surface area contributed by atoms with Crippen LogP contribution in [0.3, 0.4) is 0 Å². The molecule has 3 rings (SSSR count). The predicted octanol–water partition coefficient (Wildman–Crippen LogP) is 3.43. The highest BCUT2D eigenvalue weighted by atomic mass is 16.5. The van der Waals surface area contributed by atoms with Gasteiger partial charge in [-0.3, -0.25) is 9.48 Å². The van der Waals surface area contributed by atoms with Gasteiger partial charge in [-0.15, -0.1) is 0 Å². The van der Waals surface area contributed by atoms with Crippen LogP contribution in [-0.4, -0.2) is 22.8 Å². The first-order valence-corrected chi connectivity index (χ1v) is 8.13. The van der Waals surface area contributed by atoms with E-state index in [9.17, 15) is 4.79 Å². The van der Waals surface area contributed by atoms with Gasteiger partial charge in [0.05, 0.1) is 32.0 Å². The first-order valence-electron chi connectivity index (χ1n) is 8.13. The molecule has 128 valence electrons. The van der Waals surface area contributed by atoms with E-state index in [-0.39, 0.29) is 5.91 Å². The minimum absolute atomic E-state index is 0.0692. The molecule has 0 unspecified atom stereocenters. The van der Waals surface area contributed by atoms with E-state index in [1.807, 2.05) is 41.2 Å². The smallest absolute Gasteiger partial charge is 0.228 e. The molecule has 2 aromatic carbocycles. The lowest BCUT2D eigenvalue weighted by Gasteiger charge is -2.05. The van der Waals surface area contributed by atoms with E-state index in [1.165, 1.54) is 11.1 Å². The minimum atomic E-state index is -0.0692. The van der Waals surface area contributed by atoms with Gasteiger partial charge in [0.15, 0.2) is 0 Å². The molecule has 0 aliphatic carbocycles. The number of ether oxygens (including phenoxy) is 1. The summed E-state index contributed by atoms with van der Waals surface area (Å²) in [5.41, 5.74) is 4.04. The molecule has 1 amide bonds. The molecule has 0 bridgehead atoms. The lowest BCUT2D eigenvalue weighted by molar-refractivity contribution is -0.115. The zero-order chi connectivity index (χ0) is 17.6. The fourth-order valence-corrected chi connectivity index (χ4v) is 2.65. The van der Waals surface area contributed by atoms with Crippen LogP contribution in [0.5, 0.6) is 5.75 Å². The summed E-state index contributed by atoms with van der Waals surface area (Å²) in [5.74, 6) is 0.710. The molecule has 3 aromatic rings. The number of hydrogen-bond acceptors (Lipinski definition) is 3. The van der Waals surface area contributed by atoms with E-state index in [0.29, 0.717) is 18.7 Å². The number of methoxy groups -OCH3 is 1. The maximum absolute atomic E-state index is 12.2. The second-order valence-electron chi connectivity index (χ2n) is 5.99. The second kappa shape index (κ2) is 7.66. The summed E-state index contributed by atoms with van der Waals surface area (Å²) >= 11 is 0. The molecule has 0 aliphatic heterocycles. The third kappa shape index (κ3) is 4.70. The van der Waals surface area contributed by atoms with E-state index in [1.54, 1.807) is 13.3 Å². The normalized spacial score (nSPS) is 10.5. The van der Waals surface area contributed by atoms with E-state index in [4.69, 9.17) is 4.74 Å². The van der Waals surface area contributed by atoms with Gasteiger partial charge < -0.3 is 10.1 Å². The quantitative estimate of drug-likeness (QED) is 0.751. The van der Waals surface area contributed by atoms with E-state index in [2.05, 4.69) is 35.5 Å². The fourth-order valence-electron chi connectivity index (χ4n) is 2.65. The molecule has 5 nitrogen and oxygen atoms in total. The summed E-state index contributed by atoms with van der Waals surface area (Å²) in [5, 5.41) is 7.19. The van der Waals surface area contributed by atoms with Crippen molar-refractivity contribution in [3.05, 3.63) is 77.6 Å². The molecule has 0 saturated carbocycles. The summed E-state index contributed by atoms with van der Waals surface area (Å²) < 4.78 is 6.93. The first-order chi connectivity index (χ1) is 12.1. The van der Waals surface area contributed by atoms with Crippen molar-refractivity contribution < 1.29 is 9.53 Å². The Bertz CT molecular complexity index is 853. The molecule has 1 N–H and O–H groups in total. The van der Waals surface area contributed by atoms with Gasteiger partial charge in [-0.25, -0.2) is 0 Å². The van der Waals surface area contributed by atoms with Gasteiger partial charge in [0.2, 0.25) is 5.91 Å². The van der Waals surface area contributed by atoms with Crippen molar-refractivity contribution in [3.63, 3.8) is 0 Å². The largest absolute Gasteiger partial charge is 0.497 e. The Labute approximate surface area is 147 Å². The summed E-state index contributed by atoms with van der Waals surface area (Å²) in [6.45, 7) is 2.74. The molecule has 0 aliphatic rings. The standard InChI is InChI=1S/C20H21N3O2/c1-15-4-3-5-17(10-15)13-23-14-18(12-21-23)22-20(24)11-16-6-8-19(25-2)9-7-16/h3-10,12,14H,11,13H2,1-2H3,(H,22,24). The lowest BCUT2D eigenvalue weighted by Crippen LogP contribution is -2.14. The molecule has 1 aromatic heterocycles. The van der Waals surface area contributed by atoms with E-state index >= 15 is 0 Å². The molecule has 0 radical (unpaired) electrons. The third-order valence-electron chi connectivity index (χ3n) is 3.87. The highest BCUT2D eigenvalue weighted by molar-refractivity contribution is 5.92. The van der Waals surface area contributed by atoms with Crippen molar-refractivity contribution in [1.82, 2.24) is 9.78 Å². The molecule has 0 spiro atoms. The Morgan fingerprint density at radius 2 is 1.96 bits per heavy atom. The van der Waals surface area contributed by atoms with Crippen molar-refractivity contribution >= 4 is 11.6 Å². The minimum Gasteiger partial charge on any atom is -0.497 e. The topological polar surface area (TPSA) is 56.1 Å². The third-order valence-corrected chi connectivity index (χ3v) is 3.87. The maximum Gasteiger partial charge on any atom is 0.228 e. The number of aryl methyl sites for hydroxylation is 1. The monoisotopic (exact) mass is 335 g/mol. The average molecular weight is 335 g/mol. The van der Waals surface area contributed by atoms with Crippen LogP contribution < -0.4 is 10.1 Å². The number of carbonyl (C=O) groups is 1. The van der Waals surface area contributed by atoms with Gasteiger partial charge in [0, 0.05) is 6.20 Å². The van der Waals surface area contributed by atoms with E-state index in [0.717, 1.165) is 11.3 Å². The molecule has 0 saturated heterocycles. The van der Waals surface area contributed by atoms with Crippen molar-refractivity contribution in [2.75, 3.05) is 12.4 Å². The zero-order valence-corrected chi connectivity index (χ0v) is 14.4. The second-order valence-corrected chi connectivity index (χ2v) is 5.99. The van der Waals surface area contributed by atoms with Gasteiger partial charge in [0.25, 0.3) is 0 Å². The highest BCUT2D eigenvalue weighted by Crippen LogP contribution is 2.13. The van der Waals surface area contributed by atoms with Crippen LogP contribution in [-0.2, 0) is 17.8 Å². The molecular weight excluding hydrogens is 314 g/mol. The molecular formula is C20H21N3O2. The van der Waals surface area contributed by atoms with Gasteiger partial charge in [-0.1, -0.05) is 42.0 Å². The fraction of sp³-hybridized carbons (Fsp3) is 0.200. The summed E-state index contributed by atoms with van der Waals surface area (Å²) in [4.78, 5) is 12.2. The van der Waals surface area contributed by atoms with Crippen molar-refractivity contribution in [3.8, 4) is 5.75 Å². The first kappa shape index (κ1) is 16.8. The highest BCUT2D eigenvalue weighted by Gasteiger charge is 2.07. The van der Waals surface area contributed by atoms with Crippen LogP contribution in [0.1, 0.15) is 16.7 Å². The lowest BCUT2D eigenvalue weighted by atomic mass is 10.1. The van der Waals surface area contributed by atoms with Crippen LogP contribution in [0.2, 0.25) is 0 Å². The van der Waals surface area contributed by atoms with Crippen LogP contribution in [0.15, 0.2) is 60.9 Å². The van der Waals surface area contributed by atoms with Crippen LogP contribution in [0.4, 0.5) is 5.69 Å². The van der Waals surface area contributed by atoms with Crippen molar-refractivity contribution in [1.29, 1.82) is 0 Å². The number of amides is 1. The number of nitrogens with zero attached hydrogens (tertiary/aromatic N) is 2. The Hall–Kier alpha value is -3.08. The number of benzene rings is 2. The van der Waals surface area contributed by atoms with Crippen LogP contribution in [0, 0.1) is 6.92 Å². The predicted molar refractivity (Wildman–Crippen MR) is 97.8 cm³/mol. The van der Waals surface area contributed by atoms with Crippen molar-refractivity contribution in [2.24, 2.45) is 0 Å². The Morgan fingerprint density at radius 1 is 1.16 bits per heavy atom. The number of nitrogens with one attached hydrogen (secondary N) is 1. The number of anilines is 1.